The molecule has 0 N–H and O–H groups in total. The molecule has 1 saturated carbocycles. The highest BCUT2D eigenvalue weighted by molar-refractivity contribution is 6.30. The Morgan fingerprint density at radius 1 is 0.627 bits per heavy atom. The SMILES string of the molecule is C#COc1cccc(Cl)c1.C#Cc1ccc(OC)cc1.C#Cc1ccccc1OC.N#CC1(c2ccccc2)CCCC1.N#Cc1ccccc1. The van der Waals surface area contributed by atoms with E-state index in [1.807, 2.05) is 91.0 Å². The van der Waals surface area contributed by atoms with Crippen LogP contribution < -0.4 is 14.2 Å². The zero-order valence-electron chi connectivity index (χ0n) is 28.8. The molecule has 6 heteroatoms. The number of para-hydroxylation sites is 1. The molecule has 1 aliphatic rings. The van der Waals surface area contributed by atoms with E-state index in [1.54, 1.807) is 50.6 Å². The molecule has 254 valence electrons. The molecule has 1 fully saturated rings. The third-order valence-corrected chi connectivity index (χ3v) is 7.63. The summed E-state index contributed by atoms with van der Waals surface area (Å²) in [5.41, 5.74) is 3.43. The van der Waals surface area contributed by atoms with Crippen molar-refractivity contribution < 1.29 is 14.2 Å². The number of hydrogen-bond acceptors (Lipinski definition) is 5. The molecule has 5 aromatic rings. The van der Waals surface area contributed by atoms with Crippen molar-refractivity contribution in [3.8, 4) is 66.6 Å². The largest absolute Gasteiger partial charge is 0.497 e. The maximum atomic E-state index is 9.22. The van der Waals surface area contributed by atoms with E-state index in [9.17, 15) is 5.26 Å². The van der Waals surface area contributed by atoms with Gasteiger partial charge in [-0.2, -0.15) is 10.5 Å². The van der Waals surface area contributed by atoms with Crippen LogP contribution in [0, 0.1) is 59.9 Å². The Kier molecular flexibility index (Phi) is 18.9. The van der Waals surface area contributed by atoms with Crippen molar-refractivity contribution in [1.29, 1.82) is 10.5 Å². The fourth-order valence-electron chi connectivity index (χ4n) is 4.76. The molecular formula is C45H39ClN2O3. The van der Waals surface area contributed by atoms with Crippen LogP contribution in [0.25, 0.3) is 0 Å². The standard InChI is InChI=1S/C12H13N.2C9H8O.C8H5ClO.C7H5N/c13-10-12(8-4-5-9-12)11-6-2-1-3-7-11;1-3-8-4-6-9(10-2)7-5-8;1-3-8-6-4-5-7-9(8)10-2;1-2-10-8-5-3-4-7(9)6-8;8-6-7-4-2-1-3-5-7/h1-3,6-7H,4-5,8-9H2;2*1,4-7H,2H3;1,3-6H;1-5H. The molecule has 0 aliphatic heterocycles. The van der Waals surface area contributed by atoms with Crippen molar-refractivity contribution in [2.45, 2.75) is 31.1 Å². The minimum atomic E-state index is -0.165. The number of methoxy groups -OCH3 is 2. The third kappa shape index (κ3) is 14.6. The van der Waals surface area contributed by atoms with Gasteiger partial charge in [-0.1, -0.05) is 109 Å². The molecule has 5 aromatic carbocycles. The van der Waals surface area contributed by atoms with E-state index in [0.717, 1.165) is 35.5 Å². The summed E-state index contributed by atoms with van der Waals surface area (Å²) in [6.45, 7) is 0. The Morgan fingerprint density at radius 2 is 1.24 bits per heavy atom. The van der Waals surface area contributed by atoms with Crippen molar-refractivity contribution in [1.82, 2.24) is 0 Å². The molecule has 0 saturated heterocycles. The van der Waals surface area contributed by atoms with E-state index < -0.39 is 0 Å². The highest BCUT2D eigenvalue weighted by atomic mass is 35.5. The van der Waals surface area contributed by atoms with E-state index in [4.69, 9.17) is 50.3 Å². The molecule has 0 radical (unpaired) electrons. The predicted molar refractivity (Wildman–Crippen MR) is 206 cm³/mol. The van der Waals surface area contributed by atoms with Gasteiger partial charge in [0.25, 0.3) is 0 Å². The first-order valence-corrected chi connectivity index (χ1v) is 16.3. The summed E-state index contributed by atoms with van der Waals surface area (Å²) >= 11 is 5.63. The second-order valence-electron chi connectivity index (χ2n) is 10.6. The van der Waals surface area contributed by atoms with Crippen LogP contribution in [0.15, 0.2) is 133 Å². The number of ether oxygens (including phenoxy) is 3. The smallest absolute Gasteiger partial charge is 0.141 e. The first kappa shape index (κ1) is 40.6. The molecule has 0 bridgehead atoms. The van der Waals surface area contributed by atoms with Crippen LogP contribution in [0.3, 0.4) is 0 Å². The average Bonchev–Trinajstić information content (AvgIpc) is 3.70. The van der Waals surface area contributed by atoms with Crippen LogP contribution in [0.5, 0.6) is 17.2 Å². The van der Waals surface area contributed by atoms with Gasteiger partial charge in [-0.05, 0) is 79.1 Å². The summed E-state index contributed by atoms with van der Waals surface area (Å²) in [7, 11) is 3.24. The number of rotatable bonds is 4. The number of terminal acetylenes is 3. The summed E-state index contributed by atoms with van der Waals surface area (Å²) in [5.74, 6) is 7.22. The normalized spacial score (nSPS) is 11.2. The number of hydrogen-bond donors (Lipinski definition) is 0. The maximum Gasteiger partial charge on any atom is 0.141 e. The zero-order valence-corrected chi connectivity index (χ0v) is 29.5. The van der Waals surface area contributed by atoms with Gasteiger partial charge in [0.05, 0.1) is 42.9 Å². The molecule has 0 atom stereocenters. The van der Waals surface area contributed by atoms with Crippen LogP contribution >= 0.6 is 11.6 Å². The number of halogens is 1. The molecule has 0 unspecified atom stereocenters. The number of nitrogens with zero attached hydrogens (tertiary/aromatic N) is 2. The van der Waals surface area contributed by atoms with Crippen molar-refractivity contribution in [2.75, 3.05) is 14.2 Å². The monoisotopic (exact) mass is 690 g/mol. The average molecular weight is 691 g/mol. The number of benzene rings is 5. The Morgan fingerprint density at radius 3 is 1.71 bits per heavy atom. The first-order chi connectivity index (χ1) is 24.9. The highest BCUT2D eigenvalue weighted by Crippen LogP contribution is 2.40. The van der Waals surface area contributed by atoms with Crippen LogP contribution in [0.1, 0.15) is 47.9 Å². The van der Waals surface area contributed by atoms with Gasteiger partial charge in [-0.3, -0.25) is 0 Å². The van der Waals surface area contributed by atoms with Crippen LogP contribution in [-0.2, 0) is 5.41 Å². The molecule has 1 aliphatic carbocycles. The maximum absolute atomic E-state index is 9.22. The molecule has 0 aromatic heterocycles. The van der Waals surface area contributed by atoms with E-state index >= 15 is 0 Å². The van der Waals surface area contributed by atoms with Gasteiger partial charge in [-0.25, -0.2) is 0 Å². The quantitative estimate of drug-likeness (QED) is 0.176. The van der Waals surface area contributed by atoms with Gasteiger partial charge in [0.1, 0.15) is 23.4 Å². The Hall–Kier alpha value is -6.55. The van der Waals surface area contributed by atoms with Crippen LogP contribution in [-0.4, -0.2) is 14.2 Å². The zero-order chi connectivity index (χ0) is 37.2. The lowest BCUT2D eigenvalue weighted by Gasteiger charge is -2.20. The topological polar surface area (TPSA) is 75.3 Å². The highest BCUT2D eigenvalue weighted by Gasteiger charge is 2.35. The molecule has 5 nitrogen and oxygen atoms in total. The molecule has 0 heterocycles. The van der Waals surface area contributed by atoms with Gasteiger partial charge < -0.3 is 14.2 Å². The third-order valence-electron chi connectivity index (χ3n) is 7.39. The van der Waals surface area contributed by atoms with E-state index in [0.29, 0.717) is 16.3 Å². The van der Waals surface area contributed by atoms with E-state index in [1.165, 1.54) is 18.4 Å². The van der Waals surface area contributed by atoms with Crippen LogP contribution in [0.4, 0.5) is 0 Å². The van der Waals surface area contributed by atoms with Gasteiger partial charge in [-0.15, -0.1) is 12.8 Å². The summed E-state index contributed by atoms with van der Waals surface area (Å²) < 4.78 is 14.7. The summed E-state index contributed by atoms with van der Waals surface area (Å²) in [6.07, 6.45) is 21.8. The lowest BCUT2D eigenvalue weighted by atomic mass is 9.80. The minimum Gasteiger partial charge on any atom is -0.497 e. The predicted octanol–water partition coefficient (Wildman–Crippen LogP) is 10.2. The molecular weight excluding hydrogens is 652 g/mol. The van der Waals surface area contributed by atoms with Crippen molar-refractivity contribution >= 4 is 11.6 Å². The summed E-state index contributed by atoms with van der Waals surface area (Å²) in [6, 6.07) is 45.6. The lowest BCUT2D eigenvalue weighted by Crippen LogP contribution is -2.18. The Labute approximate surface area is 308 Å². The second-order valence-corrected chi connectivity index (χ2v) is 11.1. The fourth-order valence-corrected chi connectivity index (χ4v) is 4.94. The van der Waals surface area contributed by atoms with Crippen molar-refractivity contribution in [3.63, 3.8) is 0 Å². The van der Waals surface area contributed by atoms with Crippen molar-refractivity contribution in [2.24, 2.45) is 0 Å². The number of nitriles is 2. The van der Waals surface area contributed by atoms with Crippen LogP contribution in [0.2, 0.25) is 5.02 Å². The summed E-state index contributed by atoms with van der Waals surface area (Å²) in [4.78, 5) is 0. The molecule has 51 heavy (non-hydrogen) atoms. The van der Waals surface area contributed by atoms with Gasteiger partial charge in [0, 0.05) is 16.7 Å². The summed E-state index contributed by atoms with van der Waals surface area (Å²) in [5, 5.41) is 18.1. The van der Waals surface area contributed by atoms with E-state index in [-0.39, 0.29) is 5.41 Å². The van der Waals surface area contributed by atoms with Gasteiger partial charge in [0.2, 0.25) is 0 Å². The molecule has 0 spiro atoms. The molecule has 6 rings (SSSR count). The lowest BCUT2D eigenvalue weighted by molar-refractivity contribution is 0.413. The fraction of sp³-hybridized carbons (Fsp3) is 0.156. The van der Waals surface area contributed by atoms with E-state index in [2.05, 4.69) is 36.1 Å². The van der Waals surface area contributed by atoms with Gasteiger partial charge >= 0.3 is 0 Å². The first-order valence-electron chi connectivity index (χ1n) is 15.9. The van der Waals surface area contributed by atoms with Crippen molar-refractivity contribution in [3.05, 3.63) is 161 Å². The minimum absolute atomic E-state index is 0.165. The Bertz CT molecular complexity index is 1950. The Balaban J connectivity index is 0.000000223. The second kappa shape index (κ2) is 23.7. The van der Waals surface area contributed by atoms with Gasteiger partial charge in [0.15, 0.2) is 0 Å². The molecule has 0 amide bonds.